The van der Waals surface area contributed by atoms with E-state index in [1.807, 2.05) is 19.1 Å². The summed E-state index contributed by atoms with van der Waals surface area (Å²) in [6.07, 6.45) is 10.2. The van der Waals surface area contributed by atoms with Gasteiger partial charge in [0.15, 0.2) is 0 Å². The van der Waals surface area contributed by atoms with E-state index in [9.17, 15) is 15.5 Å². The number of fused-ring (bicyclic) bond motifs is 5. The normalized spacial score (nSPS) is 43.5. The number of nitriles is 1. The minimum absolute atomic E-state index is 0.326. The van der Waals surface area contributed by atoms with E-state index < -0.39 is 11.2 Å². The van der Waals surface area contributed by atoms with Crippen molar-refractivity contribution in [2.45, 2.75) is 96.2 Å². The maximum Gasteiger partial charge on any atom is 0.0994 e. The Morgan fingerprint density at radius 3 is 2.54 bits per heavy atom. The Morgan fingerprint density at radius 2 is 1.77 bits per heavy atom. The number of nitrogens with zero attached hydrogens (tertiary/aromatic N) is 1. The van der Waals surface area contributed by atoms with Crippen LogP contribution in [0.15, 0.2) is 24.3 Å². The second kappa shape index (κ2) is 9.47. The van der Waals surface area contributed by atoms with Crippen LogP contribution in [0.1, 0.15) is 89.7 Å². The predicted octanol–water partition coefficient (Wildman–Crippen LogP) is 5.89. The Hall–Kier alpha value is -1.41. The fourth-order valence-electron chi connectivity index (χ4n) is 9.70. The van der Waals surface area contributed by atoms with Crippen LogP contribution in [0, 0.1) is 52.3 Å². The number of rotatable bonds is 6. The standard InChI is InChI=1S/C31H45NO3/c1-4-35-20-30(33)15-13-28-25-11-14-29(3)26(21(2)17-22-7-5-6-8-23(22)18-32)9-10-27(29)24(25)12-16-31(28,34)19-30/h5-8,21,24-28,33-34H,4,9-17,19-20H2,1-3H3/t21-,24-,25+,26-,27+,28-,29-,30-,31+/m1/s1. The topological polar surface area (TPSA) is 73.5 Å². The van der Waals surface area contributed by atoms with Gasteiger partial charge >= 0.3 is 0 Å². The SMILES string of the molecule is CCOC[C@@]1(O)CC[C@@H]2[C@H]3CC[C@]4(C)[C@@H]([C@H](C)Cc5ccccc5C#N)CC[C@H]4[C@@H]3CC[C@]2(O)C1. The molecule has 1 aromatic rings. The smallest absolute Gasteiger partial charge is 0.0994 e. The van der Waals surface area contributed by atoms with E-state index in [-0.39, 0.29) is 0 Å². The molecule has 0 radical (unpaired) electrons. The van der Waals surface area contributed by atoms with Gasteiger partial charge in [0.1, 0.15) is 0 Å². The molecule has 9 atom stereocenters. The lowest BCUT2D eigenvalue weighted by Gasteiger charge is -2.60. The summed E-state index contributed by atoms with van der Waals surface area (Å²) in [7, 11) is 0. The van der Waals surface area contributed by atoms with Crippen molar-refractivity contribution in [2.24, 2.45) is 40.9 Å². The van der Waals surface area contributed by atoms with Crippen molar-refractivity contribution in [3.8, 4) is 6.07 Å². The Morgan fingerprint density at radius 1 is 1.03 bits per heavy atom. The molecule has 4 fully saturated rings. The summed E-state index contributed by atoms with van der Waals surface area (Å²) in [4.78, 5) is 0. The molecule has 2 N–H and O–H groups in total. The monoisotopic (exact) mass is 479 g/mol. The molecule has 0 saturated heterocycles. The summed E-state index contributed by atoms with van der Waals surface area (Å²) in [6, 6.07) is 10.5. The Balaban J connectivity index is 1.30. The van der Waals surface area contributed by atoms with Crippen molar-refractivity contribution >= 4 is 0 Å². The van der Waals surface area contributed by atoms with Gasteiger partial charge in [-0.2, -0.15) is 5.26 Å². The average Bonchev–Trinajstić information content (AvgIpc) is 3.19. The van der Waals surface area contributed by atoms with E-state index in [1.54, 1.807) is 0 Å². The van der Waals surface area contributed by atoms with Crippen molar-refractivity contribution in [3.63, 3.8) is 0 Å². The fourth-order valence-corrected chi connectivity index (χ4v) is 9.70. The zero-order valence-electron chi connectivity index (χ0n) is 22.0. The molecule has 4 aliphatic rings. The first-order valence-electron chi connectivity index (χ1n) is 14.2. The van der Waals surface area contributed by atoms with E-state index in [1.165, 1.54) is 31.2 Å². The quantitative estimate of drug-likeness (QED) is 0.534. The van der Waals surface area contributed by atoms with Crippen LogP contribution in [0.4, 0.5) is 0 Å². The molecule has 4 heteroatoms. The Labute approximate surface area is 212 Å². The van der Waals surface area contributed by atoms with E-state index in [4.69, 9.17) is 4.74 Å². The first-order chi connectivity index (χ1) is 16.7. The number of hydrogen-bond donors (Lipinski definition) is 2. The molecule has 0 aromatic heterocycles. The van der Waals surface area contributed by atoms with Crippen molar-refractivity contribution in [3.05, 3.63) is 35.4 Å². The van der Waals surface area contributed by atoms with Crippen LogP contribution in [0.5, 0.6) is 0 Å². The summed E-state index contributed by atoms with van der Waals surface area (Å²) in [5, 5.41) is 32.5. The van der Waals surface area contributed by atoms with Crippen molar-refractivity contribution in [2.75, 3.05) is 13.2 Å². The Kier molecular flexibility index (Phi) is 6.83. The summed E-state index contributed by atoms with van der Waals surface area (Å²) < 4.78 is 5.59. The van der Waals surface area contributed by atoms with Gasteiger partial charge in [0.2, 0.25) is 0 Å². The summed E-state index contributed by atoms with van der Waals surface area (Å²) in [5.41, 5.74) is 0.793. The van der Waals surface area contributed by atoms with Gasteiger partial charge in [-0.15, -0.1) is 0 Å². The lowest BCUT2D eigenvalue weighted by atomic mass is 9.47. The van der Waals surface area contributed by atoms with E-state index in [0.29, 0.717) is 54.6 Å². The second-order valence-electron chi connectivity index (χ2n) is 12.9. The molecule has 0 bridgehead atoms. The number of benzene rings is 1. The van der Waals surface area contributed by atoms with Gasteiger partial charge in [-0.1, -0.05) is 32.0 Å². The minimum Gasteiger partial charge on any atom is -0.389 e. The van der Waals surface area contributed by atoms with Crippen molar-refractivity contribution in [1.29, 1.82) is 5.26 Å². The van der Waals surface area contributed by atoms with E-state index in [0.717, 1.165) is 43.6 Å². The lowest BCUT2D eigenvalue weighted by Crippen LogP contribution is -2.60. The maximum absolute atomic E-state index is 11.8. The molecule has 192 valence electrons. The van der Waals surface area contributed by atoms with Crippen LogP contribution in [0.3, 0.4) is 0 Å². The molecular formula is C31H45NO3. The highest BCUT2D eigenvalue weighted by Gasteiger charge is 2.61. The molecule has 0 aliphatic heterocycles. The predicted molar refractivity (Wildman–Crippen MR) is 138 cm³/mol. The molecule has 4 saturated carbocycles. The highest BCUT2D eigenvalue weighted by molar-refractivity contribution is 5.37. The first-order valence-corrected chi connectivity index (χ1v) is 14.2. The minimum atomic E-state index is -0.870. The largest absolute Gasteiger partial charge is 0.389 e. The van der Waals surface area contributed by atoms with Gasteiger partial charge in [0.05, 0.1) is 29.4 Å². The molecule has 0 heterocycles. The summed E-state index contributed by atoms with van der Waals surface area (Å²) in [5.74, 6) is 3.64. The van der Waals surface area contributed by atoms with Crippen LogP contribution in [-0.2, 0) is 11.2 Å². The van der Waals surface area contributed by atoms with Crippen LogP contribution in [0.25, 0.3) is 0 Å². The second-order valence-corrected chi connectivity index (χ2v) is 12.9. The highest BCUT2D eigenvalue weighted by atomic mass is 16.5. The first kappa shape index (κ1) is 25.2. The van der Waals surface area contributed by atoms with Crippen LogP contribution < -0.4 is 0 Å². The van der Waals surface area contributed by atoms with Gasteiger partial charge in [-0.05, 0) is 117 Å². The maximum atomic E-state index is 11.8. The molecule has 0 amide bonds. The van der Waals surface area contributed by atoms with Gasteiger partial charge in [-0.3, -0.25) is 0 Å². The zero-order chi connectivity index (χ0) is 24.8. The third-order valence-corrected chi connectivity index (χ3v) is 11.2. The number of hydrogen-bond acceptors (Lipinski definition) is 4. The van der Waals surface area contributed by atoms with Gasteiger partial charge in [0.25, 0.3) is 0 Å². The molecule has 0 spiro atoms. The molecule has 4 nitrogen and oxygen atoms in total. The van der Waals surface area contributed by atoms with Crippen LogP contribution in [0.2, 0.25) is 0 Å². The number of ether oxygens (including phenoxy) is 1. The molecule has 4 aliphatic carbocycles. The molecule has 0 unspecified atom stereocenters. The third kappa shape index (κ3) is 4.36. The molecule has 35 heavy (non-hydrogen) atoms. The molecule has 5 rings (SSSR count). The van der Waals surface area contributed by atoms with Gasteiger partial charge in [0, 0.05) is 13.0 Å². The van der Waals surface area contributed by atoms with Gasteiger partial charge < -0.3 is 14.9 Å². The van der Waals surface area contributed by atoms with Crippen LogP contribution >= 0.6 is 0 Å². The molecule has 1 aromatic carbocycles. The van der Waals surface area contributed by atoms with Crippen molar-refractivity contribution in [1.82, 2.24) is 0 Å². The van der Waals surface area contributed by atoms with E-state index >= 15 is 0 Å². The van der Waals surface area contributed by atoms with Gasteiger partial charge in [-0.25, -0.2) is 0 Å². The van der Waals surface area contributed by atoms with Crippen LogP contribution in [-0.4, -0.2) is 34.6 Å². The fraction of sp³-hybridized carbons (Fsp3) is 0.774. The van der Waals surface area contributed by atoms with E-state index in [2.05, 4.69) is 32.0 Å². The zero-order valence-corrected chi connectivity index (χ0v) is 22.0. The Bertz CT molecular complexity index is 957. The summed E-state index contributed by atoms with van der Waals surface area (Å²) in [6.45, 7) is 7.91. The molecular weight excluding hydrogens is 434 g/mol. The lowest BCUT2D eigenvalue weighted by molar-refractivity contribution is -0.203. The van der Waals surface area contributed by atoms with Crippen molar-refractivity contribution < 1.29 is 14.9 Å². The highest BCUT2D eigenvalue weighted by Crippen LogP contribution is 2.66. The number of aliphatic hydroxyl groups is 2. The average molecular weight is 480 g/mol. The third-order valence-electron chi connectivity index (χ3n) is 11.2. The summed E-state index contributed by atoms with van der Waals surface area (Å²) >= 11 is 0.